The summed E-state index contributed by atoms with van der Waals surface area (Å²) in [5, 5.41) is 9.53. The summed E-state index contributed by atoms with van der Waals surface area (Å²) < 4.78 is 6.35. The minimum atomic E-state index is -0.823. The van der Waals surface area contributed by atoms with Crippen LogP contribution in [0.2, 0.25) is 0 Å². The molecule has 0 saturated heterocycles. The topological polar surface area (TPSA) is 29.5 Å². The van der Waals surface area contributed by atoms with Gasteiger partial charge in [-0.2, -0.15) is 0 Å². The summed E-state index contributed by atoms with van der Waals surface area (Å²) in [5.74, 6) is 2.88. The van der Waals surface area contributed by atoms with Crippen LogP contribution in [0.3, 0.4) is 0 Å². The van der Waals surface area contributed by atoms with Gasteiger partial charge in [0.15, 0.2) is 0 Å². The second-order valence-corrected chi connectivity index (χ2v) is 4.84. The summed E-state index contributed by atoms with van der Waals surface area (Å²) in [6, 6.07) is 5.81. The Morgan fingerprint density at radius 3 is 2.80 bits per heavy atom. The Hall–Kier alpha value is -0.735. The Kier molecular flexibility index (Phi) is 2.89. The maximum Gasteiger partial charge on any atom is 0.552 e. The monoisotopic (exact) mass is 266 g/mol. The summed E-state index contributed by atoms with van der Waals surface area (Å²) in [6.07, 6.45) is 0. The minimum absolute atomic E-state index is 0.372. The predicted molar refractivity (Wildman–Crippen MR) is 65.6 cm³/mol. The standard InChI is InChI=1S/C11H12BBrO2/c1-7(2)10-6-12(14)15-11-4-3-8(13)5-9(10)11/h3-7,14H,1-2H3. The number of rotatable bonds is 1. The van der Waals surface area contributed by atoms with Crippen molar-refractivity contribution in [3.8, 4) is 5.75 Å². The lowest BCUT2D eigenvalue weighted by Crippen LogP contribution is -2.24. The zero-order valence-corrected chi connectivity index (χ0v) is 10.3. The quantitative estimate of drug-likeness (QED) is 0.792. The first-order valence-electron chi connectivity index (χ1n) is 4.94. The Morgan fingerprint density at radius 2 is 2.13 bits per heavy atom. The van der Waals surface area contributed by atoms with Crippen LogP contribution in [0, 0.1) is 5.92 Å². The highest BCUT2D eigenvalue weighted by Gasteiger charge is 2.24. The fourth-order valence-corrected chi connectivity index (χ4v) is 2.10. The van der Waals surface area contributed by atoms with Gasteiger partial charge in [0.25, 0.3) is 0 Å². The largest absolute Gasteiger partial charge is 0.552 e. The molecule has 0 aromatic heterocycles. The maximum absolute atomic E-state index is 9.53. The van der Waals surface area contributed by atoms with E-state index in [1.54, 1.807) is 5.98 Å². The van der Waals surface area contributed by atoms with Gasteiger partial charge >= 0.3 is 7.12 Å². The summed E-state index contributed by atoms with van der Waals surface area (Å²) in [7, 11) is -0.823. The van der Waals surface area contributed by atoms with Gasteiger partial charge in [0.1, 0.15) is 5.75 Å². The second kappa shape index (κ2) is 4.03. The van der Waals surface area contributed by atoms with Crippen LogP contribution >= 0.6 is 15.9 Å². The summed E-state index contributed by atoms with van der Waals surface area (Å²) in [6.45, 7) is 4.21. The van der Waals surface area contributed by atoms with Crippen LogP contribution in [0.4, 0.5) is 0 Å². The molecular formula is C11H12BBrO2. The van der Waals surface area contributed by atoms with E-state index in [0.29, 0.717) is 5.92 Å². The van der Waals surface area contributed by atoms with Gasteiger partial charge in [0, 0.05) is 10.0 Å². The van der Waals surface area contributed by atoms with Gasteiger partial charge in [0.05, 0.1) is 0 Å². The van der Waals surface area contributed by atoms with E-state index in [1.165, 1.54) is 0 Å². The van der Waals surface area contributed by atoms with Crippen LogP contribution in [-0.2, 0) is 0 Å². The molecule has 0 bridgehead atoms. The van der Waals surface area contributed by atoms with Crippen molar-refractivity contribution in [3.05, 3.63) is 34.2 Å². The lowest BCUT2D eigenvalue weighted by atomic mass is 9.78. The van der Waals surface area contributed by atoms with Gasteiger partial charge in [-0.15, -0.1) is 0 Å². The van der Waals surface area contributed by atoms with Gasteiger partial charge < -0.3 is 9.68 Å². The highest BCUT2D eigenvalue weighted by molar-refractivity contribution is 9.10. The van der Waals surface area contributed by atoms with E-state index < -0.39 is 7.12 Å². The number of fused-ring (bicyclic) bond motifs is 1. The third kappa shape index (κ3) is 2.11. The average molecular weight is 267 g/mol. The van der Waals surface area contributed by atoms with Crippen LogP contribution in [0.15, 0.2) is 28.6 Å². The van der Waals surface area contributed by atoms with Crippen LogP contribution in [0.1, 0.15) is 19.4 Å². The molecule has 0 saturated carbocycles. The van der Waals surface area contributed by atoms with Crippen molar-refractivity contribution < 1.29 is 9.68 Å². The molecule has 0 spiro atoms. The minimum Gasteiger partial charge on any atom is -0.532 e. The van der Waals surface area contributed by atoms with Crippen LogP contribution < -0.4 is 4.65 Å². The Bertz CT molecular complexity index is 415. The third-order valence-electron chi connectivity index (χ3n) is 2.44. The molecule has 0 radical (unpaired) electrons. The van der Waals surface area contributed by atoms with Gasteiger partial charge in [-0.3, -0.25) is 0 Å². The van der Waals surface area contributed by atoms with Crippen molar-refractivity contribution in [2.45, 2.75) is 13.8 Å². The van der Waals surface area contributed by atoms with Gasteiger partial charge in [0.2, 0.25) is 0 Å². The molecule has 0 unspecified atom stereocenters. The molecular weight excluding hydrogens is 255 g/mol. The van der Waals surface area contributed by atoms with Crippen LogP contribution in [-0.4, -0.2) is 12.1 Å². The van der Waals surface area contributed by atoms with Crippen molar-refractivity contribution in [2.24, 2.45) is 5.92 Å². The summed E-state index contributed by atoms with van der Waals surface area (Å²) >= 11 is 3.44. The lowest BCUT2D eigenvalue weighted by Gasteiger charge is -2.23. The molecule has 1 aliphatic heterocycles. The third-order valence-corrected chi connectivity index (χ3v) is 2.94. The van der Waals surface area contributed by atoms with Gasteiger partial charge in [-0.25, -0.2) is 0 Å². The number of hydrogen-bond donors (Lipinski definition) is 1. The van der Waals surface area contributed by atoms with Crippen LogP contribution in [0.5, 0.6) is 5.75 Å². The second-order valence-electron chi connectivity index (χ2n) is 3.93. The van der Waals surface area contributed by atoms with Crippen molar-refractivity contribution in [1.82, 2.24) is 0 Å². The molecule has 78 valence electrons. The molecule has 0 amide bonds. The Balaban J connectivity index is 2.53. The molecule has 1 aliphatic rings. The van der Waals surface area contributed by atoms with E-state index in [0.717, 1.165) is 21.4 Å². The van der Waals surface area contributed by atoms with E-state index in [2.05, 4.69) is 29.8 Å². The number of halogens is 1. The zero-order valence-electron chi connectivity index (χ0n) is 8.70. The molecule has 1 aromatic rings. The van der Waals surface area contributed by atoms with Gasteiger partial charge in [-0.1, -0.05) is 29.8 Å². The molecule has 2 rings (SSSR count). The van der Waals surface area contributed by atoms with E-state index >= 15 is 0 Å². The zero-order chi connectivity index (χ0) is 11.0. The first kappa shape index (κ1) is 10.8. The smallest absolute Gasteiger partial charge is 0.532 e. The van der Waals surface area contributed by atoms with Crippen molar-refractivity contribution in [2.75, 3.05) is 0 Å². The first-order chi connectivity index (χ1) is 7.08. The number of allylic oxidation sites excluding steroid dienone is 1. The average Bonchev–Trinajstić information content (AvgIpc) is 2.17. The molecule has 1 aromatic carbocycles. The van der Waals surface area contributed by atoms with E-state index in [4.69, 9.17) is 4.65 Å². The molecule has 0 fully saturated rings. The molecule has 2 nitrogen and oxygen atoms in total. The molecule has 0 aliphatic carbocycles. The highest BCUT2D eigenvalue weighted by atomic mass is 79.9. The lowest BCUT2D eigenvalue weighted by molar-refractivity contribution is 0.426. The number of hydrogen-bond acceptors (Lipinski definition) is 2. The molecule has 1 N–H and O–H groups in total. The van der Waals surface area contributed by atoms with E-state index in [9.17, 15) is 5.02 Å². The molecule has 0 atom stereocenters. The van der Waals surface area contributed by atoms with Crippen molar-refractivity contribution in [3.63, 3.8) is 0 Å². The summed E-state index contributed by atoms with van der Waals surface area (Å²) in [5.41, 5.74) is 2.19. The van der Waals surface area contributed by atoms with Crippen molar-refractivity contribution in [1.29, 1.82) is 0 Å². The highest BCUT2D eigenvalue weighted by Crippen LogP contribution is 2.36. The van der Waals surface area contributed by atoms with Gasteiger partial charge in [-0.05, 0) is 35.7 Å². The van der Waals surface area contributed by atoms with E-state index in [1.807, 2.05) is 18.2 Å². The number of benzene rings is 1. The Morgan fingerprint density at radius 1 is 1.40 bits per heavy atom. The fourth-order valence-electron chi connectivity index (χ4n) is 1.74. The summed E-state index contributed by atoms with van der Waals surface area (Å²) in [4.78, 5) is 0. The fraction of sp³-hybridized carbons (Fsp3) is 0.273. The Labute approximate surface area is 98.2 Å². The predicted octanol–water partition coefficient (Wildman–Crippen LogP) is 2.90. The van der Waals surface area contributed by atoms with E-state index in [-0.39, 0.29) is 0 Å². The molecule has 15 heavy (non-hydrogen) atoms. The SMILES string of the molecule is CC(C)C1=CB(O)Oc2ccc(Br)cc21. The van der Waals surface area contributed by atoms with Crippen molar-refractivity contribution >= 4 is 28.6 Å². The molecule has 1 heterocycles. The normalized spacial score (nSPS) is 14.7. The maximum atomic E-state index is 9.53. The first-order valence-corrected chi connectivity index (χ1v) is 5.73. The van der Waals surface area contributed by atoms with Crippen LogP contribution in [0.25, 0.3) is 5.57 Å². The molecule has 4 heteroatoms.